The van der Waals surface area contributed by atoms with Crippen LogP contribution in [-0.4, -0.2) is 12.1 Å². The molecule has 86 valence electrons. The first kappa shape index (κ1) is 12.5. The van der Waals surface area contributed by atoms with Crippen molar-refractivity contribution in [3.63, 3.8) is 0 Å². The lowest BCUT2D eigenvalue weighted by atomic mass is 9.79. The van der Waals surface area contributed by atoms with Gasteiger partial charge in [0, 0.05) is 12.1 Å². The minimum atomic E-state index is 0.403. The molecule has 0 aromatic carbocycles. The van der Waals surface area contributed by atoms with E-state index in [9.17, 15) is 0 Å². The monoisotopic (exact) mass is 208 g/mol. The van der Waals surface area contributed by atoms with Gasteiger partial charge in [-0.25, -0.2) is 0 Å². The van der Waals surface area contributed by atoms with E-state index >= 15 is 0 Å². The fourth-order valence-corrected chi connectivity index (χ4v) is 2.46. The zero-order valence-electron chi connectivity index (χ0n) is 10.3. The fourth-order valence-electron chi connectivity index (χ4n) is 2.46. The van der Waals surface area contributed by atoms with Gasteiger partial charge in [0.15, 0.2) is 0 Å². The van der Waals surface area contributed by atoms with Crippen molar-refractivity contribution in [3.05, 3.63) is 0 Å². The van der Waals surface area contributed by atoms with Gasteiger partial charge < -0.3 is 5.32 Å². The Kier molecular flexibility index (Phi) is 5.11. The number of nitrogens with zero attached hydrogens (tertiary/aromatic N) is 1. The third kappa shape index (κ3) is 3.83. The molecule has 0 aromatic heterocycles. The maximum absolute atomic E-state index is 8.70. The number of hydrogen-bond donors (Lipinski definition) is 1. The van der Waals surface area contributed by atoms with E-state index in [1.807, 2.05) is 0 Å². The lowest BCUT2D eigenvalue weighted by molar-refractivity contribution is 0.214. The van der Waals surface area contributed by atoms with Crippen LogP contribution in [0.2, 0.25) is 0 Å². The average molecular weight is 208 g/mol. The van der Waals surface area contributed by atoms with Crippen molar-refractivity contribution >= 4 is 0 Å². The highest BCUT2D eigenvalue weighted by atomic mass is 14.9. The minimum absolute atomic E-state index is 0.403. The van der Waals surface area contributed by atoms with Gasteiger partial charge in [0.2, 0.25) is 0 Å². The van der Waals surface area contributed by atoms with E-state index < -0.39 is 0 Å². The first-order chi connectivity index (χ1) is 7.17. The summed E-state index contributed by atoms with van der Waals surface area (Å²) in [5.41, 5.74) is 0. The van der Waals surface area contributed by atoms with Crippen molar-refractivity contribution in [2.45, 2.75) is 65.0 Å². The van der Waals surface area contributed by atoms with E-state index in [0.717, 1.165) is 18.3 Å². The van der Waals surface area contributed by atoms with Crippen molar-refractivity contribution in [1.29, 1.82) is 5.26 Å². The quantitative estimate of drug-likeness (QED) is 0.770. The molecule has 1 aliphatic carbocycles. The standard InChI is InChI=1S/C13H24N2/c1-4-12(7-8-14)15-13-6-5-10(2)11(3)9-13/h10-13,15H,4-7,9H2,1-3H3. The summed E-state index contributed by atoms with van der Waals surface area (Å²) in [7, 11) is 0. The van der Waals surface area contributed by atoms with Crippen LogP contribution in [0.5, 0.6) is 0 Å². The molecule has 0 bridgehead atoms. The molecular weight excluding hydrogens is 184 g/mol. The van der Waals surface area contributed by atoms with Crippen molar-refractivity contribution in [1.82, 2.24) is 5.32 Å². The van der Waals surface area contributed by atoms with Crippen molar-refractivity contribution in [3.8, 4) is 6.07 Å². The number of hydrogen-bond acceptors (Lipinski definition) is 2. The van der Waals surface area contributed by atoms with Crippen molar-refractivity contribution in [2.75, 3.05) is 0 Å². The SMILES string of the molecule is CCC(CC#N)NC1CCC(C)C(C)C1. The molecule has 1 rings (SSSR count). The van der Waals surface area contributed by atoms with E-state index in [1.54, 1.807) is 0 Å². The van der Waals surface area contributed by atoms with Crippen molar-refractivity contribution < 1.29 is 0 Å². The zero-order valence-corrected chi connectivity index (χ0v) is 10.3. The van der Waals surface area contributed by atoms with Crippen LogP contribution in [0.1, 0.15) is 52.9 Å². The summed E-state index contributed by atoms with van der Waals surface area (Å²) in [5.74, 6) is 1.70. The van der Waals surface area contributed by atoms with Crippen LogP contribution in [0.25, 0.3) is 0 Å². The summed E-state index contributed by atoms with van der Waals surface area (Å²) >= 11 is 0. The Labute approximate surface area is 94.1 Å². The topological polar surface area (TPSA) is 35.8 Å². The Morgan fingerprint density at radius 1 is 1.33 bits per heavy atom. The Balaban J connectivity index is 2.35. The lowest BCUT2D eigenvalue weighted by Gasteiger charge is -2.34. The molecule has 0 saturated heterocycles. The first-order valence-corrected chi connectivity index (χ1v) is 6.30. The molecule has 2 heteroatoms. The third-order valence-electron chi connectivity index (χ3n) is 3.90. The van der Waals surface area contributed by atoms with E-state index in [2.05, 4.69) is 32.2 Å². The summed E-state index contributed by atoms with van der Waals surface area (Å²) in [6, 6.07) is 3.32. The highest BCUT2D eigenvalue weighted by Gasteiger charge is 2.25. The van der Waals surface area contributed by atoms with Gasteiger partial charge in [0.1, 0.15) is 0 Å². The van der Waals surface area contributed by atoms with Gasteiger partial charge in [-0.2, -0.15) is 5.26 Å². The van der Waals surface area contributed by atoms with E-state index in [4.69, 9.17) is 5.26 Å². The van der Waals surface area contributed by atoms with Gasteiger partial charge in [-0.3, -0.25) is 0 Å². The molecule has 4 unspecified atom stereocenters. The molecule has 0 spiro atoms. The summed E-state index contributed by atoms with van der Waals surface area (Å²) < 4.78 is 0. The average Bonchev–Trinajstić information content (AvgIpc) is 2.23. The number of nitriles is 1. The molecule has 15 heavy (non-hydrogen) atoms. The van der Waals surface area contributed by atoms with Crippen LogP contribution in [0, 0.1) is 23.2 Å². The predicted octanol–water partition coefficient (Wildman–Crippen LogP) is 3.09. The summed E-state index contributed by atoms with van der Waals surface area (Å²) in [6.07, 6.45) is 5.61. The normalized spacial score (nSPS) is 33.3. The minimum Gasteiger partial charge on any atom is -0.310 e. The molecule has 0 heterocycles. The summed E-state index contributed by atoms with van der Waals surface area (Å²) in [4.78, 5) is 0. The summed E-state index contributed by atoms with van der Waals surface area (Å²) in [6.45, 7) is 6.86. The second-order valence-electron chi connectivity index (χ2n) is 5.10. The van der Waals surface area contributed by atoms with Gasteiger partial charge in [-0.1, -0.05) is 20.8 Å². The second-order valence-corrected chi connectivity index (χ2v) is 5.10. The Morgan fingerprint density at radius 2 is 2.07 bits per heavy atom. The first-order valence-electron chi connectivity index (χ1n) is 6.30. The van der Waals surface area contributed by atoms with Crippen LogP contribution in [0.15, 0.2) is 0 Å². The highest BCUT2D eigenvalue weighted by molar-refractivity contribution is 4.86. The predicted molar refractivity (Wildman–Crippen MR) is 63.4 cm³/mol. The molecule has 0 amide bonds. The molecule has 1 fully saturated rings. The second kappa shape index (κ2) is 6.12. The molecule has 0 radical (unpaired) electrons. The molecule has 1 aliphatic rings. The molecule has 1 N–H and O–H groups in total. The number of rotatable bonds is 4. The van der Waals surface area contributed by atoms with Crippen LogP contribution in [-0.2, 0) is 0 Å². The van der Waals surface area contributed by atoms with Crippen molar-refractivity contribution in [2.24, 2.45) is 11.8 Å². The maximum atomic E-state index is 8.70. The summed E-state index contributed by atoms with van der Waals surface area (Å²) in [5, 5.41) is 12.3. The Morgan fingerprint density at radius 3 is 2.60 bits per heavy atom. The smallest absolute Gasteiger partial charge is 0.0638 e. The van der Waals surface area contributed by atoms with E-state index in [-0.39, 0.29) is 0 Å². The molecular formula is C13H24N2. The highest BCUT2D eigenvalue weighted by Crippen LogP contribution is 2.29. The van der Waals surface area contributed by atoms with Gasteiger partial charge in [-0.15, -0.1) is 0 Å². The fraction of sp³-hybridized carbons (Fsp3) is 0.923. The van der Waals surface area contributed by atoms with Crippen LogP contribution >= 0.6 is 0 Å². The zero-order chi connectivity index (χ0) is 11.3. The van der Waals surface area contributed by atoms with Crippen LogP contribution < -0.4 is 5.32 Å². The molecule has 0 aromatic rings. The van der Waals surface area contributed by atoms with E-state index in [0.29, 0.717) is 18.5 Å². The molecule has 0 aliphatic heterocycles. The van der Waals surface area contributed by atoms with Crippen LogP contribution in [0.4, 0.5) is 0 Å². The third-order valence-corrected chi connectivity index (χ3v) is 3.90. The Hall–Kier alpha value is -0.550. The van der Waals surface area contributed by atoms with Gasteiger partial charge in [0.25, 0.3) is 0 Å². The van der Waals surface area contributed by atoms with E-state index in [1.165, 1.54) is 19.3 Å². The largest absolute Gasteiger partial charge is 0.310 e. The maximum Gasteiger partial charge on any atom is 0.0638 e. The van der Waals surface area contributed by atoms with Gasteiger partial charge >= 0.3 is 0 Å². The number of nitrogens with one attached hydrogen (secondary N) is 1. The molecule has 4 atom stereocenters. The molecule has 1 saturated carbocycles. The van der Waals surface area contributed by atoms with Crippen LogP contribution in [0.3, 0.4) is 0 Å². The van der Waals surface area contributed by atoms with Gasteiger partial charge in [0.05, 0.1) is 12.5 Å². The lowest BCUT2D eigenvalue weighted by Crippen LogP contribution is -2.41. The molecule has 2 nitrogen and oxygen atoms in total. The van der Waals surface area contributed by atoms with Gasteiger partial charge in [-0.05, 0) is 37.5 Å². The Bertz CT molecular complexity index is 219.